The summed E-state index contributed by atoms with van der Waals surface area (Å²) in [6, 6.07) is 0. The van der Waals surface area contributed by atoms with Gasteiger partial charge in [0, 0.05) is 5.69 Å². The number of carbonyl (C=O) groups excluding carboxylic acids is 1. The fraction of sp³-hybridized carbons (Fsp3) is 0.333. The van der Waals surface area contributed by atoms with Gasteiger partial charge >= 0.3 is 0 Å². The monoisotopic (exact) mass is 272 g/mol. The third-order valence-corrected chi connectivity index (χ3v) is 3.36. The smallest absolute Gasteiger partial charge is 0.153 e. The summed E-state index contributed by atoms with van der Waals surface area (Å²) >= 11 is 11.8. The molecule has 0 fully saturated rings. The van der Waals surface area contributed by atoms with Crippen LogP contribution >= 0.6 is 23.2 Å². The van der Waals surface area contributed by atoms with E-state index in [0.29, 0.717) is 22.2 Å². The van der Waals surface area contributed by atoms with Crippen LogP contribution in [0.25, 0.3) is 0 Å². The van der Waals surface area contributed by atoms with Crippen LogP contribution in [0, 0.1) is 13.8 Å². The van der Waals surface area contributed by atoms with Crippen molar-refractivity contribution in [1.82, 2.24) is 9.78 Å². The van der Waals surface area contributed by atoms with Gasteiger partial charge < -0.3 is 0 Å². The molecule has 0 aliphatic rings. The third kappa shape index (κ3) is 3.20. The van der Waals surface area contributed by atoms with Crippen LogP contribution in [-0.4, -0.2) is 16.1 Å². The molecule has 0 N–H and O–H groups in total. The molecule has 1 heterocycles. The van der Waals surface area contributed by atoms with Gasteiger partial charge in [-0.05, 0) is 26.8 Å². The lowest BCUT2D eigenvalue weighted by atomic mass is 10.2. The molecule has 0 saturated heterocycles. The van der Waals surface area contributed by atoms with Crippen molar-refractivity contribution < 1.29 is 4.79 Å². The highest BCUT2D eigenvalue weighted by atomic mass is 35.5. The number of aromatic nitrogens is 2. The lowest BCUT2D eigenvalue weighted by molar-refractivity contribution is 0.112. The topological polar surface area (TPSA) is 34.9 Å². The maximum atomic E-state index is 10.8. The zero-order valence-corrected chi connectivity index (χ0v) is 11.5. The van der Waals surface area contributed by atoms with Crippen LogP contribution in [0.4, 0.5) is 0 Å². The number of rotatable bonds is 4. The molecule has 1 rings (SSSR count). The molecular weight excluding hydrogens is 259 g/mol. The quantitative estimate of drug-likeness (QED) is 0.620. The van der Waals surface area contributed by atoms with Crippen molar-refractivity contribution in [2.24, 2.45) is 0 Å². The molecule has 0 radical (unpaired) electrons. The van der Waals surface area contributed by atoms with E-state index in [9.17, 15) is 4.79 Å². The van der Waals surface area contributed by atoms with Crippen LogP contribution in [0.3, 0.4) is 0 Å². The first-order chi connectivity index (χ1) is 8.01. The number of allylic oxidation sites excluding steroid dienone is 4. The average Bonchev–Trinajstić information content (AvgIpc) is 2.59. The van der Waals surface area contributed by atoms with Crippen molar-refractivity contribution in [2.75, 3.05) is 0 Å². The van der Waals surface area contributed by atoms with Gasteiger partial charge in [0.1, 0.15) is 0 Å². The first-order valence-corrected chi connectivity index (χ1v) is 5.93. The molecule has 17 heavy (non-hydrogen) atoms. The van der Waals surface area contributed by atoms with Crippen molar-refractivity contribution in [3.8, 4) is 0 Å². The van der Waals surface area contributed by atoms with E-state index in [1.165, 1.54) is 0 Å². The Balaban J connectivity index is 2.94. The maximum Gasteiger partial charge on any atom is 0.153 e. The van der Waals surface area contributed by atoms with Crippen LogP contribution in [0.15, 0.2) is 22.2 Å². The Labute approximate surface area is 111 Å². The number of aryl methyl sites for hydroxylation is 1. The summed E-state index contributed by atoms with van der Waals surface area (Å²) in [6.45, 7) is 5.95. The number of hydrogen-bond acceptors (Lipinski definition) is 2. The molecule has 1 aromatic heterocycles. The minimum Gasteiger partial charge on any atom is -0.298 e. The number of hydrogen-bond donors (Lipinski definition) is 0. The molecule has 0 unspecified atom stereocenters. The zero-order chi connectivity index (χ0) is 13.0. The molecule has 0 amide bonds. The van der Waals surface area contributed by atoms with E-state index in [1.54, 1.807) is 23.8 Å². The summed E-state index contributed by atoms with van der Waals surface area (Å²) in [4.78, 5) is 10.8. The molecule has 1 aromatic rings. The van der Waals surface area contributed by atoms with Crippen LogP contribution in [0.2, 0.25) is 0 Å². The van der Waals surface area contributed by atoms with E-state index in [1.807, 2.05) is 13.8 Å². The number of halogens is 2. The molecule has 3 nitrogen and oxygen atoms in total. The van der Waals surface area contributed by atoms with Gasteiger partial charge in [-0.15, -0.1) is 0 Å². The van der Waals surface area contributed by atoms with Gasteiger partial charge in [-0.3, -0.25) is 9.48 Å². The molecule has 0 saturated carbocycles. The Morgan fingerprint density at radius 2 is 2.00 bits per heavy atom. The largest absolute Gasteiger partial charge is 0.298 e. The van der Waals surface area contributed by atoms with Gasteiger partial charge in [0.05, 0.1) is 27.9 Å². The SMILES string of the molecule is C/C=C(Cl)\C(Cl)=C/Cn1nc(C)c(C=O)c1C. The highest BCUT2D eigenvalue weighted by Crippen LogP contribution is 2.19. The minimum absolute atomic E-state index is 0.481. The highest BCUT2D eigenvalue weighted by molar-refractivity contribution is 6.43. The van der Waals surface area contributed by atoms with Crippen LogP contribution < -0.4 is 0 Å². The van der Waals surface area contributed by atoms with E-state index < -0.39 is 0 Å². The number of aldehydes is 1. The third-order valence-electron chi connectivity index (χ3n) is 2.48. The van der Waals surface area contributed by atoms with Gasteiger partial charge in [0.2, 0.25) is 0 Å². The zero-order valence-electron chi connectivity index (χ0n) is 10.00. The lowest BCUT2D eigenvalue weighted by Crippen LogP contribution is -2.01. The normalized spacial score (nSPS) is 13.0. The van der Waals surface area contributed by atoms with Crippen molar-refractivity contribution in [3.63, 3.8) is 0 Å². The van der Waals surface area contributed by atoms with Crippen molar-refractivity contribution in [2.45, 2.75) is 27.3 Å². The summed E-state index contributed by atoms with van der Waals surface area (Å²) in [6.07, 6.45) is 4.30. The molecule has 5 heteroatoms. The van der Waals surface area contributed by atoms with Crippen LogP contribution in [-0.2, 0) is 6.54 Å². The van der Waals surface area contributed by atoms with E-state index in [-0.39, 0.29) is 0 Å². The number of carbonyl (C=O) groups is 1. The molecule has 0 aliphatic heterocycles. The second kappa shape index (κ2) is 6.03. The Kier molecular flexibility index (Phi) is 4.97. The Bertz CT molecular complexity index is 487. The average molecular weight is 273 g/mol. The van der Waals surface area contributed by atoms with Gasteiger partial charge in [-0.1, -0.05) is 29.3 Å². The number of nitrogens with zero attached hydrogens (tertiary/aromatic N) is 2. The summed E-state index contributed by atoms with van der Waals surface area (Å²) in [5, 5.41) is 5.24. The standard InChI is InChI=1S/C12H14Cl2N2O/c1-4-11(13)12(14)5-6-16-9(3)10(7-17)8(2)15-16/h4-5,7H,6H2,1-3H3/b11-4+,12-5+. The molecule has 0 aliphatic carbocycles. The van der Waals surface area contributed by atoms with E-state index in [4.69, 9.17) is 23.2 Å². The summed E-state index contributed by atoms with van der Waals surface area (Å²) < 4.78 is 1.72. The van der Waals surface area contributed by atoms with Crippen molar-refractivity contribution >= 4 is 29.5 Å². The summed E-state index contributed by atoms with van der Waals surface area (Å²) in [5.74, 6) is 0. The molecular formula is C12H14Cl2N2O. The van der Waals surface area contributed by atoms with Gasteiger partial charge in [-0.25, -0.2) is 0 Å². The fourth-order valence-corrected chi connectivity index (χ4v) is 1.72. The van der Waals surface area contributed by atoms with E-state index >= 15 is 0 Å². The minimum atomic E-state index is 0.481. The van der Waals surface area contributed by atoms with E-state index in [0.717, 1.165) is 17.7 Å². The predicted molar refractivity (Wildman–Crippen MR) is 70.6 cm³/mol. The lowest BCUT2D eigenvalue weighted by Gasteiger charge is -2.01. The van der Waals surface area contributed by atoms with Gasteiger partial charge in [-0.2, -0.15) is 5.10 Å². The fourth-order valence-electron chi connectivity index (χ4n) is 1.46. The highest BCUT2D eigenvalue weighted by Gasteiger charge is 2.09. The predicted octanol–water partition coefficient (Wildman–Crippen LogP) is 3.58. The molecule has 0 bridgehead atoms. The van der Waals surface area contributed by atoms with Crippen LogP contribution in [0.1, 0.15) is 28.7 Å². The van der Waals surface area contributed by atoms with Gasteiger partial charge in [0.15, 0.2) is 6.29 Å². The Morgan fingerprint density at radius 3 is 2.47 bits per heavy atom. The molecule has 0 atom stereocenters. The molecule has 0 aromatic carbocycles. The van der Waals surface area contributed by atoms with Gasteiger partial charge in [0.25, 0.3) is 0 Å². The first-order valence-electron chi connectivity index (χ1n) is 5.18. The van der Waals surface area contributed by atoms with E-state index in [2.05, 4.69) is 5.10 Å². The van der Waals surface area contributed by atoms with Crippen LogP contribution in [0.5, 0.6) is 0 Å². The maximum absolute atomic E-state index is 10.8. The molecule has 92 valence electrons. The Morgan fingerprint density at radius 1 is 1.35 bits per heavy atom. The summed E-state index contributed by atoms with van der Waals surface area (Å²) in [7, 11) is 0. The van der Waals surface area contributed by atoms with Crippen molar-refractivity contribution in [3.05, 3.63) is 39.2 Å². The molecule has 0 spiro atoms. The summed E-state index contributed by atoms with van der Waals surface area (Å²) in [5.41, 5.74) is 2.18. The second-order valence-electron chi connectivity index (χ2n) is 3.57. The Hall–Kier alpha value is -1.06. The second-order valence-corrected chi connectivity index (χ2v) is 4.39. The van der Waals surface area contributed by atoms with Crippen molar-refractivity contribution in [1.29, 1.82) is 0 Å². The first kappa shape index (κ1) is 14.0.